The van der Waals surface area contributed by atoms with Crippen molar-refractivity contribution in [1.82, 2.24) is 9.62 Å². The summed E-state index contributed by atoms with van der Waals surface area (Å²) in [5.74, 6) is -0.103. The molecule has 0 spiro atoms. The molecule has 1 saturated heterocycles. The minimum Gasteiger partial charge on any atom is -0.369 e. The van der Waals surface area contributed by atoms with Crippen LogP contribution in [0.1, 0.15) is 44.1 Å². The molecule has 6 rings (SSSR count). The van der Waals surface area contributed by atoms with Gasteiger partial charge in [-0.25, -0.2) is 0 Å². The smallest absolute Gasteiger partial charge is 0.369 e. The molecule has 0 aromatic heterocycles. The molecule has 2 unspecified atom stereocenters. The van der Waals surface area contributed by atoms with Crippen molar-refractivity contribution in [2.24, 2.45) is 28.9 Å². The number of carbonyl (C=O) groups excluding carboxylic acids is 2. The average molecular weight is 549 g/mol. The Balaban J connectivity index is 1.30. The first-order valence-electron chi connectivity index (χ1n) is 12.0. The molecule has 2 amide bonds. The number of alkyl halides is 3. The van der Waals surface area contributed by atoms with E-state index in [1.807, 2.05) is 0 Å². The van der Waals surface area contributed by atoms with Crippen LogP contribution >= 0.6 is 11.6 Å². The van der Waals surface area contributed by atoms with Gasteiger partial charge in [-0.2, -0.15) is 25.9 Å². The monoisotopic (exact) mass is 548 g/mol. The lowest BCUT2D eigenvalue weighted by molar-refractivity contribution is -0.147. The van der Waals surface area contributed by atoms with Gasteiger partial charge in [-0.05, 0) is 74.5 Å². The van der Waals surface area contributed by atoms with Crippen LogP contribution in [0.25, 0.3) is 0 Å². The fraction of sp³-hybridized carbons (Fsp3) is 0.652. The van der Waals surface area contributed by atoms with Crippen LogP contribution in [0, 0.1) is 23.2 Å². The van der Waals surface area contributed by atoms with Crippen LogP contribution < -0.4 is 15.4 Å². The Bertz CT molecular complexity index is 1180. The molecule has 4 saturated carbocycles. The number of hydrogen-bond donors (Lipinski definition) is 2. The van der Waals surface area contributed by atoms with E-state index in [2.05, 4.69) is 5.32 Å². The van der Waals surface area contributed by atoms with Gasteiger partial charge in [0, 0.05) is 24.5 Å². The lowest BCUT2D eigenvalue weighted by Crippen LogP contribution is -2.63. The maximum absolute atomic E-state index is 13.3. The fourth-order valence-electron chi connectivity index (χ4n) is 7.00. The van der Waals surface area contributed by atoms with Gasteiger partial charge >= 0.3 is 16.4 Å². The maximum Gasteiger partial charge on any atom is 0.416 e. The van der Waals surface area contributed by atoms with E-state index in [1.54, 1.807) is 0 Å². The number of nitrogens with two attached hydrogens (primary N) is 1. The highest BCUT2D eigenvalue weighted by Gasteiger charge is 2.58. The molecule has 5 fully saturated rings. The number of carbonyl (C=O) groups is 2. The van der Waals surface area contributed by atoms with Crippen LogP contribution in [0.3, 0.4) is 0 Å². The molecule has 36 heavy (non-hydrogen) atoms. The average Bonchev–Trinajstić information content (AvgIpc) is 2.77. The Labute approximate surface area is 212 Å². The molecule has 4 bridgehead atoms. The second-order valence-corrected chi connectivity index (χ2v) is 12.9. The molecule has 1 heterocycles. The minimum absolute atomic E-state index is 0.0507. The summed E-state index contributed by atoms with van der Waals surface area (Å²) in [7, 11) is -4.29. The summed E-state index contributed by atoms with van der Waals surface area (Å²) in [5.41, 5.74) is 3.94. The van der Waals surface area contributed by atoms with Crippen LogP contribution in [-0.4, -0.2) is 50.2 Å². The van der Waals surface area contributed by atoms with Crippen molar-refractivity contribution in [3.8, 4) is 0 Å². The maximum atomic E-state index is 13.3. The van der Waals surface area contributed by atoms with Crippen molar-refractivity contribution >= 4 is 39.3 Å². The summed E-state index contributed by atoms with van der Waals surface area (Å²) in [6.07, 6.45) is -0.481. The van der Waals surface area contributed by atoms with Crippen LogP contribution in [0.5, 0.6) is 0 Å². The molecule has 8 nitrogen and oxygen atoms in total. The third kappa shape index (κ3) is 4.34. The SMILES string of the molecule is NC(=O)C12CC3CC(C1)C(NC(=O)CN1CCCN(c4cc(C(F)(F)F)ccc4Cl)S1(=O)=O)C(C3)C2. The number of rotatable bonds is 5. The van der Waals surface area contributed by atoms with Gasteiger partial charge < -0.3 is 11.1 Å². The highest BCUT2D eigenvalue weighted by molar-refractivity contribution is 7.90. The number of nitrogens with zero attached hydrogens (tertiary/aromatic N) is 2. The van der Waals surface area contributed by atoms with E-state index >= 15 is 0 Å². The molecule has 3 N–H and O–H groups in total. The summed E-state index contributed by atoms with van der Waals surface area (Å²) in [6.45, 7) is -0.437. The first-order chi connectivity index (χ1) is 16.8. The normalized spacial score (nSPS) is 33.5. The molecule has 198 valence electrons. The van der Waals surface area contributed by atoms with Crippen molar-refractivity contribution in [2.45, 2.75) is 50.7 Å². The molecule has 4 aliphatic carbocycles. The molecular formula is C23H28ClF3N4O4S. The second kappa shape index (κ2) is 8.76. The first kappa shape index (κ1) is 25.6. The van der Waals surface area contributed by atoms with Crippen LogP contribution in [0.15, 0.2) is 18.2 Å². The Morgan fingerprint density at radius 3 is 2.42 bits per heavy atom. The van der Waals surface area contributed by atoms with E-state index in [-0.39, 0.29) is 47.6 Å². The predicted octanol–water partition coefficient (Wildman–Crippen LogP) is 2.91. The zero-order valence-electron chi connectivity index (χ0n) is 19.4. The number of hydrogen-bond acceptors (Lipinski definition) is 4. The number of amides is 2. The largest absolute Gasteiger partial charge is 0.416 e. The Kier molecular flexibility index (Phi) is 6.23. The van der Waals surface area contributed by atoms with Crippen molar-refractivity contribution < 1.29 is 31.2 Å². The van der Waals surface area contributed by atoms with E-state index in [9.17, 15) is 31.2 Å². The van der Waals surface area contributed by atoms with E-state index in [4.69, 9.17) is 17.3 Å². The van der Waals surface area contributed by atoms with Crippen molar-refractivity contribution in [1.29, 1.82) is 0 Å². The summed E-state index contributed by atoms with van der Waals surface area (Å²) in [4.78, 5) is 25.1. The summed E-state index contributed by atoms with van der Waals surface area (Å²) < 4.78 is 68.1. The van der Waals surface area contributed by atoms with Crippen molar-refractivity contribution in [2.75, 3.05) is 23.9 Å². The topological polar surface area (TPSA) is 113 Å². The fourth-order valence-corrected chi connectivity index (χ4v) is 8.95. The lowest BCUT2D eigenvalue weighted by atomic mass is 9.47. The number of primary amides is 1. The number of benzene rings is 1. The van der Waals surface area contributed by atoms with Gasteiger partial charge in [0.05, 0.1) is 22.8 Å². The number of nitrogens with one attached hydrogen (secondary N) is 1. The third-order valence-corrected chi connectivity index (χ3v) is 10.6. The summed E-state index contributed by atoms with van der Waals surface area (Å²) in [6, 6.07) is 2.38. The minimum atomic E-state index is -4.66. The van der Waals surface area contributed by atoms with Gasteiger partial charge in [0.1, 0.15) is 0 Å². The lowest BCUT2D eigenvalue weighted by Gasteiger charge is -2.58. The van der Waals surface area contributed by atoms with Gasteiger partial charge in [-0.1, -0.05) is 11.6 Å². The Hall–Kier alpha value is -2.05. The van der Waals surface area contributed by atoms with Gasteiger partial charge in [-0.3, -0.25) is 13.9 Å². The molecule has 0 radical (unpaired) electrons. The van der Waals surface area contributed by atoms with Gasteiger partial charge in [0.15, 0.2) is 0 Å². The van der Waals surface area contributed by atoms with Crippen LogP contribution in [0.2, 0.25) is 5.02 Å². The third-order valence-electron chi connectivity index (χ3n) is 8.36. The quantitative estimate of drug-likeness (QED) is 0.589. The number of halogens is 4. The summed E-state index contributed by atoms with van der Waals surface area (Å²) in [5, 5.41) is 2.88. The standard InChI is InChI=1S/C23H28ClF3N4O4S/c24-17-3-2-16(23(25,26)27)8-18(17)31-5-1-4-30(36(31,34)35)12-19(32)29-20-14-6-13-7-15(20)11-22(9-13,10-14)21(28)33/h2-3,8,13-15,20H,1,4-7,9-12H2,(H2,28,33)(H,29,32). The number of anilines is 1. The van der Waals surface area contributed by atoms with E-state index < -0.39 is 39.8 Å². The first-order valence-corrected chi connectivity index (χ1v) is 13.8. The molecule has 1 aromatic rings. The van der Waals surface area contributed by atoms with Crippen LogP contribution in [0.4, 0.5) is 18.9 Å². The van der Waals surface area contributed by atoms with E-state index in [1.165, 1.54) is 0 Å². The van der Waals surface area contributed by atoms with E-state index in [0.29, 0.717) is 31.2 Å². The van der Waals surface area contributed by atoms with Crippen LogP contribution in [-0.2, 0) is 26.0 Å². The molecule has 1 aliphatic heterocycles. The second-order valence-electron chi connectivity index (χ2n) is 10.6. The van der Waals surface area contributed by atoms with Gasteiger partial charge in [-0.15, -0.1) is 0 Å². The molecule has 5 aliphatic rings. The molecule has 13 heteroatoms. The Morgan fingerprint density at radius 1 is 1.14 bits per heavy atom. The van der Waals surface area contributed by atoms with Crippen molar-refractivity contribution in [3.63, 3.8) is 0 Å². The van der Waals surface area contributed by atoms with Gasteiger partial charge in [0.2, 0.25) is 11.8 Å². The summed E-state index contributed by atoms with van der Waals surface area (Å²) >= 11 is 6.09. The Morgan fingerprint density at radius 2 is 1.81 bits per heavy atom. The van der Waals surface area contributed by atoms with Gasteiger partial charge in [0.25, 0.3) is 0 Å². The van der Waals surface area contributed by atoms with E-state index in [0.717, 1.165) is 40.0 Å². The molecule has 1 aromatic carbocycles. The highest BCUT2D eigenvalue weighted by Crippen LogP contribution is 2.59. The predicted molar refractivity (Wildman–Crippen MR) is 126 cm³/mol. The zero-order chi connectivity index (χ0) is 26.0. The zero-order valence-corrected chi connectivity index (χ0v) is 21.0. The molecule has 2 atom stereocenters. The highest BCUT2D eigenvalue weighted by atomic mass is 35.5. The molecular weight excluding hydrogens is 521 g/mol. The van der Waals surface area contributed by atoms with Crippen molar-refractivity contribution in [3.05, 3.63) is 28.8 Å².